The first-order valence-electron chi connectivity index (χ1n) is 6.85. The lowest BCUT2D eigenvalue weighted by Gasteiger charge is -2.22. The molecule has 0 bridgehead atoms. The zero-order valence-electron chi connectivity index (χ0n) is 11.2. The summed E-state index contributed by atoms with van der Waals surface area (Å²) >= 11 is 1.62. The molecular weight excluding hydrogens is 244 g/mol. The molecule has 1 aliphatic carbocycles. The van der Waals surface area contributed by atoms with E-state index in [9.17, 15) is 4.79 Å². The summed E-state index contributed by atoms with van der Waals surface area (Å²) in [4.78, 5) is 13.4. The molecule has 0 aliphatic heterocycles. The third-order valence-electron chi connectivity index (χ3n) is 3.66. The van der Waals surface area contributed by atoms with Crippen LogP contribution in [0.2, 0.25) is 0 Å². The van der Waals surface area contributed by atoms with E-state index in [1.54, 1.807) is 11.3 Å². The minimum Gasteiger partial charge on any atom is -0.390 e. The van der Waals surface area contributed by atoms with Gasteiger partial charge in [0.05, 0.1) is 10.6 Å². The Morgan fingerprint density at radius 1 is 1.50 bits per heavy atom. The first-order chi connectivity index (χ1) is 8.67. The van der Waals surface area contributed by atoms with E-state index >= 15 is 0 Å². The van der Waals surface area contributed by atoms with Gasteiger partial charge in [0.25, 0.3) is 5.91 Å². The van der Waals surface area contributed by atoms with Crippen molar-refractivity contribution >= 4 is 22.2 Å². The van der Waals surface area contributed by atoms with Gasteiger partial charge in [0.2, 0.25) is 0 Å². The van der Waals surface area contributed by atoms with Crippen LogP contribution >= 0.6 is 11.3 Å². The van der Waals surface area contributed by atoms with E-state index < -0.39 is 0 Å². The Morgan fingerprint density at radius 3 is 2.94 bits per heavy atom. The number of nitrogens with one attached hydrogen (secondary N) is 1. The van der Waals surface area contributed by atoms with Crippen molar-refractivity contribution < 1.29 is 4.79 Å². The fourth-order valence-electron chi connectivity index (χ4n) is 2.83. The molecular formula is C14H22N2OS. The number of anilines is 1. The van der Waals surface area contributed by atoms with Crippen LogP contribution in [0.3, 0.4) is 0 Å². The second kappa shape index (κ2) is 5.74. The Bertz CT molecular complexity index is 439. The molecule has 0 radical (unpaired) electrons. The average molecular weight is 266 g/mol. The Kier molecular flexibility index (Phi) is 4.27. The highest BCUT2D eigenvalue weighted by molar-refractivity contribution is 7.16. The average Bonchev–Trinajstić information content (AvgIpc) is 2.65. The first kappa shape index (κ1) is 13.4. The summed E-state index contributed by atoms with van der Waals surface area (Å²) in [6.45, 7) is 4.82. The maximum Gasteiger partial charge on any atom is 0.254 e. The molecule has 1 heterocycles. The largest absolute Gasteiger partial charge is 0.390 e. The fraction of sp³-hybridized carbons (Fsp3) is 0.643. The zero-order valence-corrected chi connectivity index (χ0v) is 12.0. The predicted octanol–water partition coefficient (Wildman–Crippen LogP) is 2.99. The van der Waals surface area contributed by atoms with Crippen LogP contribution in [0, 0.1) is 5.92 Å². The summed E-state index contributed by atoms with van der Waals surface area (Å²) in [6, 6.07) is 0. The molecule has 1 aromatic heterocycles. The number of nitrogens with two attached hydrogens (primary N) is 1. The monoisotopic (exact) mass is 266 g/mol. The lowest BCUT2D eigenvalue weighted by Crippen LogP contribution is -2.25. The molecule has 0 spiro atoms. The van der Waals surface area contributed by atoms with E-state index in [4.69, 9.17) is 5.73 Å². The lowest BCUT2D eigenvalue weighted by atomic mass is 9.84. The quantitative estimate of drug-likeness (QED) is 0.880. The summed E-state index contributed by atoms with van der Waals surface area (Å²) in [5.74, 6) is 0.782. The highest BCUT2D eigenvalue weighted by Gasteiger charge is 2.27. The SMILES string of the molecule is CCCC1CCc2c(sc(N)c2C(=O)NCC)C1. The Balaban J connectivity index is 2.23. The molecule has 3 N–H and O–H groups in total. The van der Waals surface area contributed by atoms with Crippen LogP contribution in [0.4, 0.5) is 5.00 Å². The molecule has 4 heteroatoms. The Hall–Kier alpha value is -1.03. The molecule has 18 heavy (non-hydrogen) atoms. The summed E-state index contributed by atoms with van der Waals surface area (Å²) < 4.78 is 0. The minimum atomic E-state index is 0.00133. The number of hydrogen-bond acceptors (Lipinski definition) is 3. The zero-order chi connectivity index (χ0) is 13.1. The van der Waals surface area contributed by atoms with Gasteiger partial charge < -0.3 is 11.1 Å². The van der Waals surface area contributed by atoms with Gasteiger partial charge in [-0.3, -0.25) is 4.79 Å². The van der Waals surface area contributed by atoms with Gasteiger partial charge in [-0.25, -0.2) is 0 Å². The number of amides is 1. The van der Waals surface area contributed by atoms with Gasteiger partial charge in [0.15, 0.2) is 0 Å². The Labute approximate surface area is 113 Å². The molecule has 0 saturated carbocycles. The van der Waals surface area contributed by atoms with Crippen LogP contribution < -0.4 is 11.1 Å². The lowest BCUT2D eigenvalue weighted by molar-refractivity contribution is 0.0956. The van der Waals surface area contributed by atoms with Crippen molar-refractivity contribution in [2.24, 2.45) is 5.92 Å². The summed E-state index contributed by atoms with van der Waals surface area (Å²) in [5, 5.41) is 3.56. The number of hydrogen-bond donors (Lipinski definition) is 2. The van der Waals surface area contributed by atoms with Crippen LogP contribution in [-0.2, 0) is 12.8 Å². The van der Waals surface area contributed by atoms with Crippen LogP contribution in [0.5, 0.6) is 0 Å². The molecule has 1 atom stereocenters. The van der Waals surface area contributed by atoms with Crippen LogP contribution in [0.1, 0.15) is 53.9 Å². The highest BCUT2D eigenvalue weighted by atomic mass is 32.1. The van der Waals surface area contributed by atoms with E-state index in [0.29, 0.717) is 11.5 Å². The van der Waals surface area contributed by atoms with E-state index in [1.165, 1.54) is 29.7 Å². The first-order valence-corrected chi connectivity index (χ1v) is 7.67. The van der Waals surface area contributed by atoms with Gasteiger partial charge in [-0.15, -0.1) is 11.3 Å². The molecule has 1 aliphatic rings. The summed E-state index contributed by atoms with van der Waals surface area (Å²) in [7, 11) is 0. The van der Waals surface area contributed by atoms with Crippen LogP contribution in [-0.4, -0.2) is 12.5 Å². The Morgan fingerprint density at radius 2 is 2.28 bits per heavy atom. The molecule has 1 amide bonds. The van der Waals surface area contributed by atoms with Gasteiger partial charge in [-0.05, 0) is 37.7 Å². The number of thiophene rings is 1. The molecule has 100 valence electrons. The number of fused-ring (bicyclic) bond motifs is 1. The van der Waals surface area contributed by atoms with Crippen molar-refractivity contribution in [3.63, 3.8) is 0 Å². The molecule has 0 saturated heterocycles. The summed E-state index contributed by atoms with van der Waals surface area (Å²) in [6.07, 6.45) is 5.85. The molecule has 3 nitrogen and oxygen atoms in total. The van der Waals surface area contributed by atoms with E-state index in [1.807, 2.05) is 6.92 Å². The van der Waals surface area contributed by atoms with Gasteiger partial charge >= 0.3 is 0 Å². The molecule has 0 fully saturated rings. The summed E-state index contributed by atoms with van der Waals surface area (Å²) in [5.41, 5.74) is 8.00. The number of carbonyl (C=O) groups excluding carboxylic acids is 1. The second-order valence-corrected chi connectivity index (χ2v) is 6.14. The van der Waals surface area contributed by atoms with Gasteiger partial charge in [-0.2, -0.15) is 0 Å². The number of rotatable bonds is 4. The van der Waals surface area contributed by atoms with Crippen molar-refractivity contribution in [1.82, 2.24) is 5.32 Å². The van der Waals surface area contributed by atoms with E-state index in [0.717, 1.165) is 24.3 Å². The molecule has 0 aromatic carbocycles. The van der Waals surface area contributed by atoms with Crippen molar-refractivity contribution in [2.45, 2.75) is 46.0 Å². The van der Waals surface area contributed by atoms with Gasteiger partial charge in [-0.1, -0.05) is 19.8 Å². The fourth-order valence-corrected chi connectivity index (χ4v) is 4.06. The van der Waals surface area contributed by atoms with Gasteiger partial charge in [0, 0.05) is 11.4 Å². The number of nitrogen functional groups attached to an aromatic ring is 1. The van der Waals surface area contributed by atoms with Crippen LogP contribution in [0.25, 0.3) is 0 Å². The van der Waals surface area contributed by atoms with Crippen molar-refractivity contribution in [3.8, 4) is 0 Å². The predicted molar refractivity (Wildman–Crippen MR) is 77.2 cm³/mol. The molecule has 2 rings (SSSR count). The third kappa shape index (κ3) is 2.53. The second-order valence-electron chi connectivity index (χ2n) is 5.00. The number of carbonyl (C=O) groups is 1. The van der Waals surface area contributed by atoms with E-state index in [2.05, 4.69) is 12.2 Å². The minimum absolute atomic E-state index is 0.00133. The topological polar surface area (TPSA) is 55.1 Å². The third-order valence-corrected chi connectivity index (χ3v) is 4.74. The normalized spacial score (nSPS) is 18.4. The standard InChI is InChI=1S/C14H22N2OS/c1-3-5-9-6-7-10-11(8-9)18-13(15)12(10)14(17)16-4-2/h9H,3-8,15H2,1-2H3,(H,16,17). The van der Waals surface area contributed by atoms with Gasteiger partial charge in [0.1, 0.15) is 0 Å². The highest BCUT2D eigenvalue weighted by Crippen LogP contribution is 2.39. The van der Waals surface area contributed by atoms with Crippen molar-refractivity contribution in [1.29, 1.82) is 0 Å². The maximum atomic E-state index is 12.0. The maximum absolute atomic E-state index is 12.0. The van der Waals surface area contributed by atoms with Crippen molar-refractivity contribution in [2.75, 3.05) is 12.3 Å². The van der Waals surface area contributed by atoms with E-state index in [-0.39, 0.29) is 5.91 Å². The van der Waals surface area contributed by atoms with Crippen molar-refractivity contribution in [3.05, 3.63) is 16.0 Å². The molecule has 1 unspecified atom stereocenters. The smallest absolute Gasteiger partial charge is 0.254 e. The van der Waals surface area contributed by atoms with Crippen LogP contribution in [0.15, 0.2) is 0 Å². The molecule has 1 aromatic rings.